The molecule has 0 aliphatic heterocycles. The summed E-state index contributed by atoms with van der Waals surface area (Å²) in [4.78, 5) is 17.6. The Bertz CT molecular complexity index is 365. The van der Waals surface area contributed by atoms with Crippen molar-refractivity contribution in [3.8, 4) is 0 Å². The Labute approximate surface area is 78.9 Å². The second-order valence-electron chi connectivity index (χ2n) is 2.14. The van der Waals surface area contributed by atoms with E-state index in [2.05, 4.69) is 9.97 Å². The van der Waals surface area contributed by atoms with Gasteiger partial charge in [-0.1, -0.05) is 11.6 Å². The van der Waals surface area contributed by atoms with Gasteiger partial charge in [-0.25, -0.2) is 14.8 Å². The van der Waals surface area contributed by atoms with Gasteiger partial charge in [-0.3, -0.25) is 0 Å². The lowest BCUT2D eigenvalue weighted by Gasteiger charge is -1.96. The van der Waals surface area contributed by atoms with Gasteiger partial charge in [0.1, 0.15) is 11.5 Å². The Morgan fingerprint density at radius 2 is 2.38 bits per heavy atom. The molecule has 6 heteroatoms. The average molecular weight is 200 g/mol. The zero-order valence-corrected chi connectivity index (χ0v) is 7.19. The first-order valence-electron chi connectivity index (χ1n) is 3.28. The highest BCUT2D eigenvalue weighted by Crippen LogP contribution is 2.12. The zero-order valence-electron chi connectivity index (χ0n) is 6.44. The summed E-state index contributed by atoms with van der Waals surface area (Å²) in [6.07, 6.45) is 3.47. The average Bonchev–Trinajstić information content (AvgIpc) is 2.02. The Morgan fingerprint density at radius 3 is 2.92 bits per heavy atom. The zero-order chi connectivity index (χ0) is 9.84. The van der Waals surface area contributed by atoms with Gasteiger partial charge in [-0.15, -0.1) is 0 Å². The van der Waals surface area contributed by atoms with E-state index in [0.717, 1.165) is 6.08 Å². The molecule has 68 valence electrons. The van der Waals surface area contributed by atoms with Crippen LogP contribution in [0.25, 0.3) is 6.08 Å². The number of nitrogen functional groups attached to an aromatic ring is 1. The van der Waals surface area contributed by atoms with Crippen molar-refractivity contribution in [1.82, 2.24) is 9.97 Å². The standard InChI is InChI=1S/C7H6ClN3O2/c8-7-4(1-2-6(12)13)10-3-5(9)11-7/h1-3H,(H2,9,11)(H,12,13). The number of aromatic nitrogens is 2. The van der Waals surface area contributed by atoms with E-state index in [1.165, 1.54) is 12.3 Å². The van der Waals surface area contributed by atoms with Crippen molar-refractivity contribution in [2.75, 3.05) is 5.73 Å². The monoisotopic (exact) mass is 199 g/mol. The molecule has 0 amide bonds. The summed E-state index contributed by atoms with van der Waals surface area (Å²) in [5.74, 6) is -0.882. The summed E-state index contributed by atoms with van der Waals surface area (Å²) in [6.45, 7) is 0. The fourth-order valence-electron chi connectivity index (χ4n) is 0.650. The fraction of sp³-hybridized carbons (Fsp3) is 0. The summed E-state index contributed by atoms with van der Waals surface area (Å²) < 4.78 is 0. The van der Waals surface area contributed by atoms with E-state index in [0.29, 0.717) is 0 Å². The highest BCUT2D eigenvalue weighted by Gasteiger charge is 2.00. The van der Waals surface area contributed by atoms with Crippen molar-refractivity contribution in [1.29, 1.82) is 0 Å². The summed E-state index contributed by atoms with van der Waals surface area (Å²) in [6, 6.07) is 0. The van der Waals surface area contributed by atoms with Crippen LogP contribution in [0, 0.1) is 0 Å². The summed E-state index contributed by atoms with van der Waals surface area (Å²) >= 11 is 5.62. The van der Waals surface area contributed by atoms with E-state index in [1.807, 2.05) is 0 Å². The van der Waals surface area contributed by atoms with Gasteiger partial charge < -0.3 is 10.8 Å². The number of carboxylic acid groups (broad SMARTS) is 1. The number of carbonyl (C=O) groups is 1. The maximum absolute atomic E-state index is 10.1. The topological polar surface area (TPSA) is 89.1 Å². The first-order valence-corrected chi connectivity index (χ1v) is 3.66. The first-order chi connectivity index (χ1) is 6.09. The highest BCUT2D eigenvalue weighted by atomic mass is 35.5. The van der Waals surface area contributed by atoms with Crippen LogP contribution in [-0.2, 0) is 4.79 Å². The van der Waals surface area contributed by atoms with Crippen LogP contribution in [0.1, 0.15) is 5.69 Å². The largest absolute Gasteiger partial charge is 0.478 e. The third kappa shape index (κ3) is 2.72. The molecule has 0 unspecified atom stereocenters. The summed E-state index contributed by atoms with van der Waals surface area (Å²) in [5, 5.41) is 8.40. The molecule has 0 atom stereocenters. The Balaban J connectivity index is 2.96. The smallest absolute Gasteiger partial charge is 0.328 e. The molecule has 0 saturated carbocycles. The number of hydrogen-bond acceptors (Lipinski definition) is 4. The van der Waals surface area contributed by atoms with Gasteiger partial charge in [-0.2, -0.15) is 0 Å². The summed E-state index contributed by atoms with van der Waals surface area (Å²) in [7, 11) is 0. The molecule has 0 radical (unpaired) electrons. The van der Waals surface area contributed by atoms with Gasteiger partial charge in [0.15, 0.2) is 5.15 Å². The van der Waals surface area contributed by atoms with Crippen molar-refractivity contribution < 1.29 is 9.90 Å². The number of aliphatic carboxylic acids is 1. The van der Waals surface area contributed by atoms with E-state index in [-0.39, 0.29) is 16.7 Å². The van der Waals surface area contributed by atoms with Crippen LogP contribution in [0.15, 0.2) is 12.3 Å². The number of rotatable bonds is 2. The van der Waals surface area contributed by atoms with Gasteiger partial charge >= 0.3 is 5.97 Å². The van der Waals surface area contributed by atoms with Crippen LogP contribution in [0.4, 0.5) is 5.82 Å². The van der Waals surface area contributed by atoms with E-state index in [9.17, 15) is 4.79 Å². The second-order valence-corrected chi connectivity index (χ2v) is 2.50. The minimum Gasteiger partial charge on any atom is -0.478 e. The predicted octanol–water partition coefficient (Wildman–Crippen LogP) is 0.810. The Morgan fingerprint density at radius 1 is 1.69 bits per heavy atom. The molecule has 0 bridgehead atoms. The second kappa shape index (κ2) is 3.86. The number of hydrogen-bond donors (Lipinski definition) is 2. The van der Waals surface area contributed by atoms with E-state index >= 15 is 0 Å². The van der Waals surface area contributed by atoms with Crippen LogP contribution in [0.5, 0.6) is 0 Å². The Kier molecular flexibility index (Phi) is 2.81. The van der Waals surface area contributed by atoms with Gasteiger partial charge in [-0.05, 0) is 6.08 Å². The molecule has 1 heterocycles. The van der Waals surface area contributed by atoms with Crippen LogP contribution >= 0.6 is 11.6 Å². The fourth-order valence-corrected chi connectivity index (χ4v) is 0.860. The molecule has 5 nitrogen and oxygen atoms in total. The molecule has 1 aromatic rings. The van der Waals surface area contributed by atoms with Crippen LogP contribution < -0.4 is 5.73 Å². The van der Waals surface area contributed by atoms with Crippen molar-refractivity contribution in [2.24, 2.45) is 0 Å². The van der Waals surface area contributed by atoms with Crippen LogP contribution in [-0.4, -0.2) is 21.0 Å². The highest BCUT2D eigenvalue weighted by molar-refractivity contribution is 6.30. The molecule has 0 aliphatic carbocycles. The predicted molar refractivity (Wildman–Crippen MR) is 48.1 cm³/mol. The SMILES string of the molecule is Nc1cnc(C=CC(=O)O)c(Cl)n1. The third-order valence-corrected chi connectivity index (χ3v) is 1.44. The molecule has 0 spiro atoms. The van der Waals surface area contributed by atoms with Gasteiger partial charge in [0.2, 0.25) is 0 Å². The molecule has 1 aromatic heterocycles. The lowest BCUT2D eigenvalue weighted by Crippen LogP contribution is -1.95. The molecule has 13 heavy (non-hydrogen) atoms. The molecule has 1 rings (SSSR count). The van der Waals surface area contributed by atoms with Crippen LogP contribution in [0.3, 0.4) is 0 Å². The molecule has 0 fully saturated rings. The maximum Gasteiger partial charge on any atom is 0.328 e. The number of nitrogens with zero attached hydrogens (tertiary/aromatic N) is 2. The number of nitrogens with two attached hydrogens (primary N) is 1. The normalized spacial score (nSPS) is 10.5. The lowest BCUT2D eigenvalue weighted by atomic mass is 10.4. The molecule has 3 N–H and O–H groups in total. The Hall–Kier alpha value is -1.62. The van der Waals surface area contributed by atoms with E-state index < -0.39 is 5.97 Å². The quantitative estimate of drug-likeness (QED) is 0.688. The van der Waals surface area contributed by atoms with Crippen molar-refractivity contribution in [3.63, 3.8) is 0 Å². The minimum atomic E-state index is -1.07. The van der Waals surface area contributed by atoms with Gasteiger partial charge in [0.05, 0.1) is 6.20 Å². The van der Waals surface area contributed by atoms with Gasteiger partial charge in [0, 0.05) is 6.08 Å². The lowest BCUT2D eigenvalue weighted by molar-refractivity contribution is -0.131. The third-order valence-electron chi connectivity index (χ3n) is 1.16. The number of halogens is 1. The number of anilines is 1. The molecule has 0 saturated heterocycles. The van der Waals surface area contributed by atoms with Crippen LogP contribution in [0.2, 0.25) is 5.15 Å². The van der Waals surface area contributed by atoms with E-state index in [1.54, 1.807) is 0 Å². The van der Waals surface area contributed by atoms with Gasteiger partial charge in [0.25, 0.3) is 0 Å². The van der Waals surface area contributed by atoms with E-state index in [4.69, 9.17) is 22.4 Å². The summed E-state index contributed by atoms with van der Waals surface area (Å²) in [5.41, 5.74) is 5.56. The molecule has 0 aliphatic rings. The molecule has 0 aromatic carbocycles. The first kappa shape index (κ1) is 9.47. The van der Waals surface area contributed by atoms with Crippen molar-refractivity contribution in [3.05, 3.63) is 23.1 Å². The maximum atomic E-state index is 10.1. The van der Waals surface area contributed by atoms with Crippen molar-refractivity contribution >= 4 is 29.5 Å². The van der Waals surface area contributed by atoms with Crippen molar-refractivity contribution in [2.45, 2.75) is 0 Å². The molecular formula is C7H6ClN3O2. The molecular weight excluding hydrogens is 194 g/mol. The minimum absolute atomic E-state index is 0.0810. The number of carboxylic acids is 1.